The number of rotatable bonds is 5. The van der Waals surface area contributed by atoms with Crippen LogP contribution in [0, 0.1) is 0 Å². The third-order valence-electron chi connectivity index (χ3n) is 1.86. The van der Waals surface area contributed by atoms with Crippen molar-refractivity contribution >= 4 is 23.2 Å². The smallest absolute Gasteiger partial charge is 0.319 e. The van der Waals surface area contributed by atoms with Crippen LogP contribution in [-0.2, 0) is 0 Å². The Kier molecular flexibility index (Phi) is 4.55. The molecule has 0 atom stereocenters. The second-order valence-corrected chi connectivity index (χ2v) is 3.96. The third kappa shape index (κ3) is 4.01. The summed E-state index contributed by atoms with van der Waals surface area (Å²) >= 11 is 11.4. The van der Waals surface area contributed by atoms with Crippen molar-refractivity contribution in [1.29, 1.82) is 0 Å². The summed E-state index contributed by atoms with van der Waals surface area (Å²) in [5.41, 5.74) is 0. The molecule has 2 aromatic rings. The Morgan fingerprint density at radius 1 is 1.06 bits per heavy atom. The zero-order valence-corrected chi connectivity index (χ0v) is 10.7. The zero-order chi connectivity index (χ0) is 12.8. The third-order valence-corrected chi connectivity index (χ3v) is 2.25. The first kappa shape index (κ1) is 12.9. The van der Waals surface area contributed by atoms with E-state index >= 15 is 0 Å². The molecule has 0 aliphatic heterocycles. The van der Waals surface area contributed by atoms with Crippen LogP contribution in [0.2, 0.25) is 10.3 Å². The monoisotopic (exact) mass is 285 g/mol. The van der Waals surface area contributed by atoms with E-state index in [0.29, 0.717) is 12.4 Å². The van der Waals surface area contributed by atoms with Gasteiger partial charge >= 0.3 is 6.01 Å². The number of hydrogen-bond acceptors (Lipinski definition) is 5. The molecule has 2 heterocycles. The van der Waals surface area contributed by atoms with Gasteiger partial charge in [-0.3, -0.25) is 4.98 Å². The minimum absolute atomic E-state index is 0.127. The summed E-state index contributed by atoms with van der Waals surface area (Å²) in [5.74, 6) is 0.672. The highest BCUT2D eigenvalue weighted by Gasteiger charge is 2.02. The maximum Gasteiger partial charge on any atom is 0.319 e. The lowest BCUT2D eigenvalue weighted by molar-refractivity contribution is 0.205. The molecule has 0 aromatic carbocycles. The molecule has 7 heteroatoms. The molecule has 0 fully saturated rings. The quantitative estimate of drug-likeness (QED) is 0.624. The number of pyridine rings is 1. The van der Waals surface area contributed by atoms with Gasteiger partial charge in [-0.05, 0) is 12.1 Å². The van der Waals surface area contributed by atoms with Crippen LogP contribution in [0.1, 0.15) is 0 Å². The lowest BCUT2D eigenvalue weighted by atomic mass is 10.5. The average molecular weight is 286 g/mol. The van der Waals surface area contributed by atoms with Gasteiger partial charge in [0.15, 0.2) is 0 Å². The van der Waals surface area contributed by atoms with Gasteiger partial charge in [0, 0.05) is 12.3 Å². The average Bonchev–Trinajstić information content (AvgIpc) is 2.35. The molecule has 0 saturated carbocycles. The Morgan fingerprint density at radius 3 is 2.44 bits per heavy atom. The fourth-order valence-electron chi connectivity index (χ4n) is 1.16. The van der Waals surface area contributed by atoms with Crippen molar-refractivity contribution in [2.24, 2.45) is 0 Å². The Hall–Kier alpha value is -1.59. The summed E-state index contributed by atoms with van der Waals surface area (Å²) in [6.45, 7) is 0.630. The maximum atomic E-state index is 5.70. The standard InChI is InChI=1S/C11H9Cl2N3O2/c12-9-6-10(13)16-11(15-9)18-5-4-17-8-2-1-3-14-7-8/h1-3,6-7H,4-5H2. The minimum Gasteiger partial charge on any atom is -0.488 e. The van der Waals surface area contributed by atoms with Gasteiger partial charge in [0.25, 0.3) is 0 Å². The predicted molar refractivity (Wildman–Crippen MR) is 67.3 cm³/mol. The van der Waals surface area contributed by atoms with Crippen molar-refractivity contribution < 1.29 is 9.47 Å². The van der Waals surface area contributed by atoms with E-state index in [1.165, 1.54) is 6.07 Å². The van der Waals surface area contributed by atoms with E-state index in [9.17, 15) is 0 Å². The molecule has 94 valence electrons. The van der Waals surface area contributed by atoms with Gasteiger partial charge in [-0.2, -0.15) is 9.97 Å². The predicted octanol–water partition coefficient (Wildman–Crippen LogP) is 2.64. The van der Waals surface area contributed by atoms with E-state index in [1.54, 1.807) is 24.5 Å². The summed E-state index contributed by atoms with van der Waals surface area (Å²) in [7, 11) is 0. The minimum atomic E-state index is 0.127. The van der Waals surface area contributed by atoms with Crippen LogP contribution in [-0.4, -0.2) is 28.2 Å². The van der Waals surface area contributed by atoms with Crippen molar-refractivity contribution in [3.8, 4) is 11.8 Å². The van der Waals surface area contributed by atoms with E-state index in [4.69, 9.17) is 32.7 Å². The molecule has 0 unspecified atom stereocenters. The molecule has 5 nitrogen and oxygen atoms in total. The summed E-state index contributed by atoms with van der Waals surface area (Å²) < 4.78 is 10.6. The van der Waals surface area contributed by atoms with E-state index in [-0.39, 0.29) is 22.9 Å². The molecule has 0 N–H and O–H groups in total. The van der Waals surface area contributed by atoms with Crippen molar-refractivity contribution in [1.82, 2.24) is 15.0 Å². The molecule has 2 aromatic heterocycles. The van der Waals surface area contributed by atoms with E-state index < -0.39 is 0 Å². The van der Waals surface area contributed by atoms with Gasteiger partial charge in [0.1, 0.15) is 29.3 Å². The Bertz CT molecular complexity index is 491. The van der Waals surface area contributed by atoms with Crippen LogP contribution in [0.5, 0.6) is 11.8 Å². The first-order valence-corrected chi connectivity index (χ1v) is 5.85. The fourth-order valence-corrected chi connectivity index (χ4v) is 1.57. The van der Waals surface area contributed by atoms with Gasteiger partial charge in [0.05, 0.1) is 6.20 Å². The van der Waals surface area contributed by atoms with Crippen molar-refractivity contribution in [2.75, 3.05) is 13.2 Å². The molecule has 0 radical (unpaired) electrons. The van der Waals surface area contributed by atoms with Gasteiger partial charge in [-0.25, -0.2) is 0 Å². The second kappa shape index (κ2) is 6.37. The highest BCUT2D eigenvalue weighted by Crippen LogP contribution is 2.15. The van der Waals surface area contributed by atoms with Crippen LogP contribution in [0.4, 0.5) is 0 Å². The van der Waals surface area contributed by atoms with Gasteiger partial charge in [0.2, 0.25) is 0 Å². The fraction of sp³-hybridized carbons (Fsp3) is 0.182. The molecule has 0 saturated heterocycles. The molecule has 0 aliphatic carbocycles. The van der Waals surface area contributed by atoms with E-state index in [0.717, 1.165) is 0 Å². The number of aromatic nitrogens is 3. The van der Waals surface area contributed by atoms with E-state index in [2.05, 4.69) is 15.0 Å². The summed E-state index contributed by atoms with van der Waals surface area (Å²) in [6, 6.07) is 5.15. The molecule has 0 aliphatic rings. The van der Waals surface area contributed by atoms with Gasteiger partial charge in [-0.15, -0.1) is 0 Å². The first-order chi connectivity index (χ1) is 8.74. The summed E-state index contributed by atoms with van der Waals surface area (Å²) in [4.78, 5) is 11.6. The van der Waals surface area contributed by atoms with Gasteiger partial charge < -0.3 is 9.47 Å². The zero-order valence-electron chi connectivity index (χ0n) is 9.22. The number of hydrogen-bond donors (Lipinski definition) is 0. The van der Waals surface area contributed by atoms with Gasteiger partial charge in [-0.1, -0.05) is 23.2 Å². The topological polar surface area (TPSA) is 57.1 Å². The molecular weight excluding hydrogens is 277 g/mol. The molecular formula is C11H9Cl2N3O2. The molecule has 2 rings (SSSR count). The van der Waals surface area contributed by atoms with Crippen molar-refractivity contribution in [2.45, 2.75) is 0 Å². The lowest BCUT2D eigenvalue weighted by Gasteiger charge is -2.06. The first-order valence-electron chi connectivity index (χ1n) is 5.10. The largest absolute Gasteiger partial charge is 0.488 e. The molecule has 0 amide bonds. The second-order valence-electron chi connectivity index (χ2n) is 3.18. The highest BCUT2D eigenvalue weighted by molar-refractivity contribution is 6.33. The van der Waals surface area contributed by atoms with Crippen LogP contribution in [0.15, 0.2) is 30.6 Å². The molecule has 0 spiro atoms. The SMILES string of the molecule is Clc1cc(Cl)nc(OCCOc2cccnc2)n1. The molecule has 0 bridgehead atoms. The summed E-state index contributed by atoms with van der Waals surface area (Å²) in [5, 5.41) is 0.469. The highest BCUT2D eigenvalue weighted by atomic mass is 35.5. The van der Waals surface area contributed by atoms with Crippen molar-refractivity contribution in [3.63, 3.8) is 0 Å². The summed E-state index contributed by atoms with van der Waals surface area (Å²) in [6.07, 6.45) is 3.29. The van der Waals surface area contributed by atoms with Crippen LogP contribution >= 0.6 is 23.2 Å². The van der Waals surface area contributed by atoms with Crippen LogP contribution in [0.3, 0.4) is 0 Å². The maximum absolute atomic E-state index is 5.70. The number of halogens is 2. The molecule has 18 heavy (non-hydrogen) atoms. The van der Waals surface area contributed by atoms with Crippen molar-refractivity contribution in [3.05, 3.63) is 40.9 Å². The lowest BCUT2D eigenvalue weighted by Crippen LogP contribution is -2.10. The van der Waals surface area contributed by atoms with Crippen LogP contribution in [0.25, 0.3) is 0 Å². The Balaban J connectivity index is 1.78. The number of nitrogens with zero attached hydrogens (tertiary/aromatic N) is 3. The number of ether oxygens (including phenoxy) is 2. The normalized spacial score (nSPS) is 10.1. The van der Waals surface area contributed by atoms with E-state index in [1.807, 2.05) is 0 Å². The Morgan fingerprint density at radius 2 is 1.78 bits per heavy atom. The Labute approximate surface area is 114 Å². The van der Waals surface area contributed by atoms with Crippen LogP contribution < -0.4 is 9.47 Å².